The van der Waals surface area contributed by atoms with Gasteiger partial charge in [0.25, 0.3) is 0 Å². The number of hydrogen-bond donors (Lipinski definition) is 2. The van der Waals surface area contributed by atoms with E-state index in [2.05, 4.69) is 21.2 Å². The molecular formula is C14H20BrClN2. The van der Waals surface area contributed by atoms with Crippen LogP contribution >= 0.6 is 27.5 Å². The largest absolute Gasteiger partial charge is 0.329 e. The molecule has 0 spiro atoms. The van der Waals surface area contributed by atoms with Gasteiger partial charge in [-0.15, -0.1) is 0 Å². The van der Waals surface area contributed by atoms with Crippen molar-refractivity contribution < 1.29 is 0 Å². The van der Waals surface area contributed by atoms with Gasteiger partial charge in [0.15, 0.2) is 0 Å². The van der Waals surface area contributed by atoms with E-state index in [0.717, 1.165) is 22.0 Å². The van der Waals surface area contributed by atoms with Crippen LogP contribution in [0.1, 0.15) is 37.3 Å². The van der Waals surface area contributed by atoms with Gasteiger partial charge in [0.1, 0.15) is 0 Å². The Hall–Kier alpha value is -0.0900. The quantitative estimate of drug-likeness (QED) is 0.830. The third-order valence-electron chi connectivity index (χ3n) is 3.74. The number of nitrogens with one attached hydrogen (secondary N) is 1. The highest BCUT2D eigenvalue weighted by Crippen LogP contribution is 2.30. The molecule has 2 nitrogen and oxygen atoms in total. The predicted octanol–water partition coefficient (Wildman–Crippen LogP) is 3.88. The lowest BCUT2D eigenvalue weighted by Crippen LogP contribution is -2.31. The summed E-state index contributed by atoms with van der Waals surface area (Å²) >= 11 is 9.51. The van der Waals surface area contributed by atoms with Gasteiger partial charge in [0.05, 0.1) is 0 Å². The van der Waals surface area contributed by atoms with Crippen LogP contribution in [0.5, 0.6) is 0 Å². The van der Waals surface area contributed by atoms with Crippen LogP contribution in [0, 0.1) is 5.92 Å². The molecule has 2 rings (SSSR count). The third kappa shape index (κ3) is 3.70. The molecule has 0 aliphatic heterocycles. The second-order valence-electron chi connectivity index (χ2n) is 4.99. The Morgan fingerprint density at radius 3 is 2.78 bits per heavy atom. The Morgan fingerprint density at radius 1 is 1.44 bits per heavy atom. The van der Waals surface area contributed by atoms with Crippen molar-refractivity contribution in [3.05, 3.63) is 33.3 Å². The second kappa shape index (κ2) is 6.90. The van der Waals surface area contributed by atoms with Crippen molar-refractivity contribution in [2.24, 2.45) is 11.7 Å². The number of halogens is 2. The summed E-state index contributed by atoms with van der Waals surface area (Å²) in [6, 6.07) is 6.09. The van der Waals surface area contributed by atoms with Crippen LogP contribution in [0.4, 0.5) is 0 Å². The first-order chi connectivity index (χ1) is 8.70. The molecular weight excluding hydrogens is 312 g/mol. The molecule has 0 amide bonds. The maximum atomic E-state index is 5.96. The average Bonchev–Trinajstić information content (AvgIpc) is 2.28. The normalized spacial score (nSPS) is 17.5. The SMILES string of the molecule is NCC(NCCC1CCC1)c1ccc(Cl)cc1Br. The molecule has 18 heavy (non-hydrogen) atoms. The summed E-state index contributed by atoms with van der Waals surface area (Å²) in [7, 11) is 0. The van der Waals surface area contributed by atoms with Crippen molar-refractivity contribution >= 4 is 27.5 Å². The molecule has 1 saturated carbocycles. The molecule has 1 aliphatic carbocycles. The van der Waals surface area contributed by atoms with Crippen LogP contribution in [0.3, 0.4) is 0 Å². The van der Waals surface area contributed by atoms with Crippen LogP contribution in [-0.4, -0.2) is 13.1 Å². The fraction of sp³-hybridized carbons (Fsp3) is 0.571. The highest BCUT2D eigenvalue weighted by atomic mass is 79.9. The van der Waals surface area contributed by atoms with Crippen molar-refractivity contribution in [3.63, 3.8) is 0 Å². The Morgan fingerprint density at radius 2 is 2.22 bits per heavy atom. The average molecular weight is 332 g/mol. The van der Waals surface area contributed by atoms with Gasteiger partial charge in [-0.05, 0) is 36.6 Å². The first-order valence-electron chi connectivity index (χ1n) is 6.59. The van der Waals surface area contributed by atoms with Crippen LogP contribution in [0.15, 0.2) is 22.7 Å². The van der Waals surface area contributed by atoms with E-state index < -0.39 is 0 Å². The topological polar surface area (TPSA) is 38.0 Å². The van der Waals surface area contributed by atoms with Crippen molar-refractivity contribution in [2.45, 2.75) is 31.7 Å². The van der Waals surface area contributed by atoms with E-state index in [1.807, 2.05) is 18.2 Å². The molecule has 0 heterocycles. The van der Waals surface area contributed by atoms with Crippen LogP contribution in [-0.2, 0) is 0 Å². The Kier molecular flexibility index (Phi) is 5.49. The van der Waals surface area contributed by atoms with Gasteiger partial charge in [0.2, 0.25) is 0 Å². The second-order valence-corrected chi connectivity index (χ2v) is 6.28. The molecule has 1 atom stereocenters. The molecule has 1 fully saturated rings. The minimum absolute atomic E-state index is 0.205. The van der Waals surface area contributed by atoms with Gasteiger partial charge in [-0.25, -0.2) is 0 Å². The molecule has 0 radical (unpaired) electrons. The summed E-state index contributed by atoms with van der Waals surface area (Å²) in [5.74, 6) is 0.935. The van der Waals surface area contributed by atoms with Gasteiger partial charge < -0.3 is 11.1 Å². The molecule has 0 saturated heterocycles. The number of hydrogen-bond acceptors (Lipinski definition) is 2. The summed E-state index contributed by atoms with van der Waals surface area (Å²) in [5.41, 5.74) is 7.05. The van der Waals surface area contributed by atoms with E-state index in [4.69, 9.17) is 17.3 Å². The molecule has 1 unspecified atom stereocenters. The Balaban J connectivity index is 1.89. The lowest BCUT2D eigenvalue weighted by atomic mass is 9.83. The zero-order chi connectivity index (χ0) is 13.0. The van der Waals surface area contributed by atoms with Gasteiger partial charge in [-0.3, -0.25) is 0 Å². The van der Waals surface area contributed by atoms with Gasteiger partial charge in [-0.1, -0.05) is 52.9 Å². The van der Waals surface area contributed by atoms with E-state index in [9.17, 15) is 0 Å². The summed E-state index contributed by atoms with van der Waals surface area (Å²) < 4.78 is 1.03. The number of rotatable bonds is 6. The smallest absolute Gasteiger partial charge is 0.0455 e. The van der Waals surface area contributed by atoms with Crippen molar-refractivity contribution in [1.29, 1.82) is 0 Å². The van der Waals surface area contributed by atoms with E-state index in [-0.39, 0.29) is 6.04 Å². The van der Waals surface area contributed by atoms with Crippen molar-refractivity contribution in [2.75, 3.05) is 13.1 Å². The van der Waals surface area contributed by atoms with Crippen LogP contribution < -0.4 is 11.1 Å². The zero-order valence-corrected chi connectivity index (χ0v) is 12.8. The molecule has 0 aromatic heterocycles. The molecule has 100 valence electrons. The predicted molar refractivity (Wildman–Crippen MR) is 80.9 cm³/mol. The number of benzene rings is 1. The van der Waals surface area contributed by atoms with E-state index in [1.165, 1.54) is 31.2 Å². The maximum Gasteiger partial charge on any atom is 0.0455 e. The third-order valence-corrected chi connectivity index (χ3v) is 4.66. The minimum Gasteiger partial charge on any atom is -0.329 e. The summed E-state index contributed by atoms with van der Waals surface area (Å²) in [6.45, 7) is 1.65. The molecule has 1 aliphatic rings. The lowest BCUT2D eigenvalue weighted by molar-refractivity contribution is 0.288. The summed E-state index contributed by atoms with van der Waals surface area (Å²) in [5, 5.41) is 4.29. The van der Waals surface area contributed by atoms with Crippen LogP contribution in [0.25, 0.3) is 0 Å². The minimum atomic E-state index is 0.205. The molecule has 3 N–H and O–H groups in total. The zero-order valence-electron chi connectivity index (χ0n) is 10.5. The standard InChI is InChI=1S/C14H20BrClN2/c15-13-8-11(16)4-5-12(13)14(9-17)18-7-6-10-2-1-3-10/h4-5,8,10,14,18H,1-3,6-7,9,17H2. The molecule has 1 aromatic carbocycles. The van der Waals surface area contributed by atoms with Crippen molar-refractivity contribution in [1.82, 2.24) is 5.32 Å². The highest BCUT2D eigenvalue weighted by molar-refractivity contribution is 9.10. The van der Waals surface area contributed by atoms with E-state index in [1.54, 1.807) is 0 Å². The lowest BCUT2D eigenvalue weighted by Gasteiger charge is -2.26. The molecule has 0 bridgehead atoms. The maximum absolute atomic E-state index is 5.96. The van der Waals surface area contributed by atoms with Crippen molar-refractivity contribution in [3.8, 4) is 0 Å². The Labute approximate surface area is 122 Å². The first kappa shape index (κ1) is 14.3. The first-order valence-corrected chi connectivity index (χ1v) is 7.76. The van der Waals surface area contributed by atoms with E-state index in [0.29, 0.717) is 6.54 Å². The van der Waals surface area contributed by atoms with E-state index >= 15 is 0 Å². The fourth-order valence-corrected chi connectivity index (χ4v) is 3.31. The molecule has 4 heteroatoms. The summed E-state index contributed by atoms with van der Waals surface area (Å²) in [4.78, 5) is 0. The van der Waals surface area contributed by atoms with Crippen LogP contribution in [0.2, 0.25) is 5.02 Å². The van der Waals surface area contributed by atoms with Gasteiger partial charge in [-0.2, -0.15) is 0 Å². The monoisotopic (exact) mass is 330 g/mol. The Bertz CT molecular complexity index is 393. The number of nitrogens with two attached hydrogens (primary N) is 1. The molecule has 1 aromatic rings. The van der Waals surface area contributed by atoms with Gasteiger partial charge in [0, 0.05) is 22.1 Å². The summed E-state index contributed by atoms with van der Waals surface area (Å²) in [6.07, 6.45) is 5.48. The fourth-order valence-electron chi connectivity index (χ4n) is 2.35. The van der Waals surface area contributed by atoms with Gasteiger partial charge >= 0.3 is 0 Å². The highest BCUT2D eigenvalue weighted by Gasteiger charge is 2.18.